The van der Waals surface area contributed by atoms with Gasteiger partial charge < -0.3 is 9.47 Å². The number of rotatable bonds is 6. The summed E-state index contributed by atoms with van der Waals surface area (Å²) in [4.78, 5) is 24.7. The fraction of sp³-hybridized carbons (Fsp3) is 0.167. The smallest absolute Gasteiger partial charge is 0.342 e. The molecular formula is C24H22O4. The first-order chi connectivity index (χ1) is 13.5. The Bertz CT molecular complexity index is 1050. The standard InChI is InChI=1S/C24H22O4/c1-16-7-9-18(10-8-16)15-28-24(26)22(17(2)25)13-20-6-4-5-19-11-12-21(27-3)14-23(19)20/h4-14H,15H2,1-3H3. The number of hydrogen-bond acceptors (Lipinski definition) is 4. The first kappa shape index (κ1) is 19.4. The third-order valence-corrected chi connectivity index (χ3v) is 4.51. The van der Waals surface area contributed by atoms with Crippen molar-refractivity contribution in [2.75, 3.05) is 7.11 Å². The van der Waals surface area contributed by atoms with Crippen LogP contribution in [0.2, 0.25) is 0 Å². The highest BCUT2D eigenvalue weighted by Crippen LogP contribution is 2.26. The van der Waals surface area contributed by atoms with E-state index in [0.29, 0.717) is 5.75 Å². The lowest BCUT2D eigenvalue weighted by Crippen LogP contribution is -2.13. The van der Waals surface area contributed by atoms with Gasteiger partial charge in [0.25, 0.3) is 0 Å². The maximum Gasteiger partial charge on any atom is 0.342 e. The first-order valence-electron chi connectivity index (χ1n) is 9.00. The lowest BCUT2D eigenvalue weighted by atomic mass is 10.0. The molecule has 0 aliphatic rings. The molecule has 0 amide bonds. The molecule has 0 saturated carbocycles. The number of fused-ring (bicyclic) bond motifs is 1. The van der Waals surface area contributed by atoms with E-state index in [1.807, 2.05) is 67.6 Å². The molecule has 0 unspecified atom stereocenters. The van der Waals surface area contributed by atoms with Gasteiger partial charge >= 0.3 is 5.97 Å². The Hall–Kier alpha value is -3.40. The average Bonchev–Trinajstić information content (AvgIpc) is 2.70. The van der Waals surface area contributed by atoms with Crippen molar-refractivity contribution in [1.82, 2.24) is 0 Å². The van der Waals surface area contributed by atoms with E-state index in [2.05, 4.69) is 0 Å². The number of benzene rings is 3. The molecule has 0 aliphatic heterocycles. The van der Waals surface area contributed by atoms with E-state index in [4.69, 9.17) is 9.47 Å². The van der Waals surface area contributed by atoms with Crippen molar-refractivity contribution in [1.29, 1.82) is 0 Å². The van der Waals surface area contributed by atoms with Crippen LogP contribution in [0.25, 0.3) is 16.8 Å². The van der Waals surface area contributed by atoms with Crippen LogP contribution >= 0.6 is 0 Å². The minimum absolute atomic E-state index is 0.0161. The molecule has 0 fully saturated rings. The number of Topliss-reactive ketones (excluding diaryl/α,β-unsaturated/α-hetero) is 1. The molecule has 28 heavy (non-hydrogen) atoms. The summed E-state index contributed by atoms with van der Waals surface area (Å²) in [5, 5.41) is 1.89. The predicted octanol–water partition coefficient (Wildman–Crippen LogP) is 4.87. The summed E-state index contributed by atoms with van der Waals surface area (Å²) < 4.78 is 10.7. The molecule has 3 rings (SSSR count). The molecule has 4 nitrogen and oxygen atoms in total. The third kappa shape index (κ3) is 4.46. The molecule has 0 saturated heterocycles. The lowest BCUT2D eigenvalue weighted by molar-refractivity contribution is -0.141. The first-order valence-corrected chi connectivity index (χ1v) is 9.00. The maximum absolute atomic E-state index is 12.6. The van der Waals surface area contributed by atoms with E-state index < -0.39 is 5.97 Å². The molecule has 0 bridgehead atoms. The summed E-state index contributed by atoms with van der Waals surface area (Å²) in [6.07, 6.45) is 1.58. The largest absolute Gasteiger partial charge is 0.497 e. The summed E-state index contributed by atoms with van der Waals surface area (Å²) in [7, 11) is 1.60. The second-order valence-corrected chi connectivity index (χ2v) is 6.61. The number of carbonyl (C=O) groups is 2. The lowest BCUT2D eigenvalue weighted by Gasteiger charge is -2.09. The van der Waals surface area contributed by atoms with Gasteiger partial charge in [-0.15, -0.1) is 0 Å². The zero-order valence-corrected chi connectivity index (χ0v) is 16.2. The Morgan fingerprint density at radius 2 is 1.75 bits per heavy atom. The van der Waals surface area contributed by atoms with Crippen molar-refractivity contribution in [2.24, 2.45) is 0 Å². The zero-order valence-electron chi connectivity index (χ0n) is 16.2. The van der Waals surface area contributed by atoms with Gasteiger partial charge in [-0.05, 0) is 54.0 Å². The SMILES string of the molecule is COc1ccc2cccc(C=C(C(C)=O)C(=O)OCc3ccc(C)cc3)c2c1. The molecular weight excluding hydrogens is 352 g/mol. The van der Waals surface area contributed by atoms with Gasteiger partial charge in [-0.3, -0.25) is 4.79 Å². The van der Waals surface area contributed by atoms with Crippen LogP contribution in [0.3, 0.4) is 0 Å². The van der Waals surface area contributed by atoms with Crippen molar-refractivity contribution in [3.8, 4) is 5.75 Å². The average molecular weight is 374 g/mol. The Morgan fingerprint density at radius 1 is 1.00 bits per heavy atom. The zero-order chi connectivity index (χ0) is 20.1. The van der Waals surface area contributed by atoms with Gasteiger partial charge in [-0.1, -0.05) is 54.1 Å². The predicted molar refractivity (Wildman–Crippen MR) is 110 cm³/mol. The highest BCUT2D eigenvalue weighted by atomic mass is 16.5. The van der Waals surface area contributed by atoms with Gasteiger partial charge in [0.2, 0.25) is 0 Å². The van der Waals surface area contributed by atoms with E-state index in [9.17, 15) is 9.59 Å². The van der Waals surface area contributed by atoms with Crippen LogP contribution in [0.15, 0.2) is 66.2 Å². The quantitative estimate of drug-likeness (QED) is 0.267. The third-order valence-electron chi connectivity index (χ3n) is 4.51. The van der Waals surface area contributed by atoms with Crippen LogP contribution in [0.1, 0.15) is 23.6 Å². The van der Waals surface area contributed by atoms with Crippen LogP contribution < -0.4 is 4.74 Å². The second-order valence-electron chi connectivity index (χ2n) is 6.61. The van der Waals surface area contributed by atoms with Crippen molar-refractivity contribution in [3.05, 3.63) is 82.9 Å². The molecule has 0 radical (unpaired) electrons. The fourth-order valence-corrected chi connectivity index (χ4v) is 2.90. The summed E-state index contributed by atoms with van der Waals surface area (Å²) in [5.74, 6) is -0.263. The number of methoxy groups -OCH3 is 1. The second kappa shape index (κ2) is 8.53. The van der Waals surface area contributed by atoms with Crippen LogP contribution in [-0.2, 0) is 20.9 Å². The van der Waals surface area contributed by atoms with Gasteiger partial charge in [0.15, 0.2) is 5.78 Å². The molecule has 4 heteroatoms. The number of esters is 1. The van der Waals surface area contributed by atoms with Gasteiger partial charge in [0.05, 0.1) is 7.11 Å². The Labute approximate surface area is 164 Å². The molecule has 0 atom stereocenters. The fourth-order valence-electron chi connectivity index (χ4n) is 2.90. The summed E-state index contributed by atoms with van der Waals surface area (Å²) in [5.41, 5.74) is 2.78. The Morgan fingerprint density at radius 3 is 2.43 bits per heavy atom. The van der Waals surface area contributed by atoms with Crippen LogP contribution in [0.4, 0.5) is 0 Å². The Balaban J connectivity index is 1.90. The molecule has 0 aromatic heterocycles. The molecule has 3 aromatic rings. The number of ketones is 1. The van der Waals surface area contributed by atoms with Crippen LogP contribution in [-0.4, -0.2) is 18.9 Å². The van der Waals surface area contributed by atoms with Crippen molar-refractivity contribution < 1.29 is 19.1 Å². The van der Waals surface area contributed by atoms with Crippen LogP contribution in [0.5, 0.6) is 5.75 Å². The highest BCUT2D eigenvalue weighted by molar-refractivity contribution is 6.20. The number of carbonyl (C=O) groups excluding carboxylic acids is 2. The molecule has 0 heterocycles. The van der Waals surface area contributed by atoms with E-state index >= 15 is 0 Å². The van der Waals surface area contributed by atoms with E-state index in [0.717, 1.165) is 27.5 Å². The number of hydrogen-bond donors (Lipinski definition) is 0. The molecule has 0 spiro atoms. The van der Waals surface area contributed by atoms with E-state index in [1.54, 1.807) is 13.2 Å². The van der Waals surface area contributed by atoms with Gasteiger partial charge in [0.1, 0.15) is 17.9 Å². The van der Waals surface area contributed by atoms with Crippen molar-refractivity contribution in [2.45, 2.75) is 20.5 Å². The van der Waals surface area contributed by atoms with Gasteiger partial charge in [-0.2, -0.15) is 0 Å². The maximum atomic E-state index is 12.6. The summed E-state index contributed by atoms with van der Waals surface area (Å²) in [6, 6.07) is 19.1. The number of ether oxygens (including phenoxy) is 2. The minimum atomic E-state index is -0.632. The normalized spacial score (nSPS) is 11.3. The van der Waals surface area contributed by atoms with Crippen molar-refractivity contribution in [3.63, 3.8) is 0 Å². The Kier molecular flexibility index (Phi) is 5.90. The molecule has 0 aliphatic carbocycles. The minimum Gasteiger partial charge on any atom is -0.497 e. The molecule has 0 N–H and O–H groups in total. The van der Waals surface area contributed by atoms with Crippen LogP contribution in [0, 0.1) is 6.92 Å². The molecule has 3 aromatic carbocycles. The van der Waals surface area contributed by atoms with Crippen molar-refractivity contribution >= 4 is 28.6 Å². The van der Waals surface area contributed by atoms with Gasteiger partial charge in [-0.25, -0.2) is 4.79 Å². The molecule has 142 valence electrons. The summed E-state index contributed by atoms with van der Waals surface area (Å²) >= 11 is 0. The number of aryl methyl sites for hydroxylation is 1. The summed E-state index contributed by atoms with van der Waals surface area (Å²) in [6.45, 7) is 3.48. The topological polar surface area (TPSA) is 52.6 Å². The van der Waals surface area contributed by atoms with Gasteiger partial charge in [0, 0.05) is 0 Å². The van der Waals surface area contributed by atoms with E-state index in [1.165, 1.54) is 6.92 Å². The van der Waals surface area contributed by atoms with E-state index in [-0.39, 0.29) is 18.0 Å². The monoisotopic (exact) mass is 374 g/mol. The highest BCUT2D eigenvalue weighted by Gasteiger charge is 2.17.